The SMILES string of the molecule is COC(=O)c1cnc(C(C)N)s1.Cl. The number of ether oxygens (including phenoxy) is 1. The molecule has 0 radical (unpaired) electrons. The van der Waals surface area contributed by atoms with Gasteiger partial charge in [0.1, 0.15) is 9.88 Å². The molecule has 0 aliphatic rings. The lowest BCUT2D eigenvalue weighted by Crippen LogP contribution is -2.03. The van der Waals surface area contributed by atoms with Crippen molar-refractivity contribution in [2.24, 2.45) is 5.73 Å². The normalized spacial score (nSPS) is 11.6. The Morgan fingerprint density at radius 3 is 2.77 bits per heavy atom. The summed E-state index contributed by atoms with van der Waals surface area (Å²) in [6.45, 7) is 1.82. The van der Waals surface area contributed by atoms with Crippen LogP contribution in [0.2, 0.25) is 0 Å². The number of aromatic nitrogens is 1. The first-order chi connectivity index (χ1) is 5.65. The summed E-state index contributed by atoms with van der Waals surface area (Å²) in [4.78, 5) is 15.4. The van der Waals surface area contributed by atoms with Crippen LogP contribution in [0.15, 0.2) is 6.20 Å². The number of rotatable bonds is 2. The average Bonchev–Trinajstić information content (AvgIpc) is 2.51. The van der Waals surface area contributed by atoms with Gasteiger partial charge in [0, 0.05) is 0 Å². The molecule has 1 heterocycles. The zero-order valence-electron chi connectivity index (χ0n) is 7.31. The zero-order valence-corrected chi connectivity index (χ0v) is 8.95. The van der Waals surface area contributed by atoms with Gasteiger partial charge in [-0.2, -0.15) is 0 Å². The average molecular weight is 223 g/mol. The van der Waals surface area contributed by atoms with E-state index in [2.05, 4.69) is 9.72 Å². The van der Waals surface area contributed by atoms with Crippen molar-refractivity contribution < 1.29 is 9.53 Å². The van der Waals surface area contributed by atoms with Crippen molar-refractivity contribution in [3.05, 3.63) is 16.1 Å². The van der Waals surface area contributed by atoms with Gasteiger partial charge in [-0.05, 0) is 6.92 Å². The maximum Gasteiger partial charge on any atom is 0.349 e. The third kappa shape index (κ3) is 2.95. The van der Waals surface area contributed by atoms with E-state index in [0.29, 0.717) is 4.88 Å². The molecule has 2 N–H and O–H groups in total. The zero-order chi connectivity index (χ0) is 9.14. The number of hydrogen-bond donors (Lipinski definition) is 1. The number of esters is 1. The Bertz CT molecular complexity index is 288. The van der Waals surface area contributed by atoms with E-state index < -0.39 is 0 Å². The first-order valence-corrected chi connectivity index (χ1v) is 4.26. The molecular formula is C7H11ClN2O2S. The summed E-state index contributed by atoms with van der Waals surface area (Å²) < 4.78 is 4.52. The maximum absolute atomic E-state index is 11.0. The number of halogens is 1. The first kappa shape index (κ1) is 12.3. The smallest absolute Gasteiger partial charge is 0.349 e. The third-order valence-electron chi connectivity index (χ3n) is 1.30. The number of carbonyl (C=O) groups is 1. The van der Waals surface area contributed by atoms with E-state index in [-0.39, 0.29) is 24.4 Å². The van der Waals surface area contributed by atoms with Gasteiger partial charge >= 0.3 is 5.97 Å². The summed E-state index contributed by atoms with van der Waals surface area (Å²) in [6.07, 6.45) is 1.48. The minimum absolute atomic E-state index is 0. The Kier molecular flexibility index (Phi) is 4.90. The fourth-order valence-corrected chi connectivity index (χ4v) is 1.48. The van der Waals surface area contributed by atoms with Gasteiger partial charge in [0.2, 0.25) is 0 Å². The standard InChI is InChI=1S/C7H10N2O2S.ClH/c1-4(8)6-9-3-5(12-6)7(10)11-2;/h3-4H,8H2,1-2H3;1H. The number of carbonyl (C=O) groups excluding carboxylic acids is 1. The topological polar surface area (TPSA) is 65.2 Å². The van der Waals surface area contributed by atoms with Gasteiger partial charge in [-0.1, -0.05) is 0 Å². The van der Waals surface area contributed by atoms with E-state index in [9.17, 15) is 4.79 Å². The van der Waals surface area contributed by atoms with Gasteiger partial charge in [0.25, 0.3) is 0 Å². The molecule has 1 atom stereocenters. The summed E-state index contributed by atoms with van der Waals surface area (Å²) >= 11 is 1.26. The fraction of sp³-hybridized carbons (Fsp3) is 0.429. The predicted molar refractivity (Wildman–Crippen MR) is 53.3 cm³/mol. The molecule has 0 aromatic carbocycles. The number of nitrogens with zero attached hydrogens (tertiary/aromatic N) is 1. The molecule has 1 unspecified atom stereocenters. The lowest BCUT2D eigenvalue weighted by molar-refractivity contribution is 0.0606. The largest absolute Gasteiger partial charge is 0.465 e. The van der Waals surface area contributed by atoms with Crippen molar-refractivity contribution in [2.45, 2.75) is 13.0 Å². The molecule has 6 heteroatoms. The highest BCUT2D eigenvalue weighted by atomic mass is 35.5. The van der Waals surface area contributed by atoms with E-state index in [4.69, 9.17) is 5.73 Å². The Balaban J connectivity index is 0.00000144. The van der Waals surface area contributed by atoms with Crippen molar-refractivity contribution in [1.82, 2.24) is 4.98 Å². The van der Waals surface area contributed by atoms with Gasteiger partial charge in [-0.25, -0.2) is 9.78 Å². The monoisotopic (exact) mass is 222 g/mol. The number of hydrogen-bond acceptors (Lipinski definition) is 5. The van der Waals surface area contributed by atoms with Crippen LogP contribution in [0.5, 0.6) is 0 Å². The van der Waals surface area contributed by atoms with Crippen LogP contribution in [0.1, 0.15) is 27.6 Å². The molecule has 0 amide bonds. The molecule has 0 spiro atoms. The fourth-order valence-electron chi connectivity index (χ4n) is 0.693. The second-order valence-electron chi connectivity index (χ2n) is 2.34. The van der Waals surface area contributed by atoms with E-state index in [1.807, 2.05) is 6.92 Å². The van der Waals surface area contributed by atoms with Gasteiger partial charge in [0.05, 0.1) is 19.3 Å². The van der Waals surface area contributed by atoms with Crippen molar-refractivity contribution in [1.29, 1.82) is 0 Å². The number of methoxy groups -OCH3 is 1. The van der Waals surface area contributed by atoms with Crippen LogP contribution in [0.3, 0.4) is 0 Å². The maximum atomic E-state index is 11.0. The molecule has 0 fully saturated rings. The molecule has 1 aromatic rings. The van der Waals surface area contributed by atoms with Crippen LogP contribution < -0.4 is 5.73 Å². The molecule has 0 saturated carbocycles. The second-order valence-corrected chi connectivity index (χ2v) is 3.41. The first-order valence-electron chi connectivity index (χ1n) is 3.44. The van der Waals surface area contributed by atoms with Crippen molar-refractivity contribution in [3.63, 3.8) is 0 Å². The molecular weight excluding hydrogens is 212 g/mol. The van der Waals surface area contributed by atoms with Gasteiger partial charge in [-0.15, -0.1) is 23.7 Å². The minimum Gasteiger partial charge on any atom is -0.465 e. The van der Waals surface area contributed by atoms with Crippen molar-refractivity contribution in [2.75, 3.05) is 7.11 Å². The lowest BCUT2D eigenvalue weighted by Gasteiger charge is -1.96. The van der Waals surface area contributed by atoms with Gasteiger partial charge < -0.3 is 10.5 Å². The Hall–Kier alpha value is -0.650. The van der Waals surface area contributed by atoms with Crippen LogP contribution in [-0.2, 0) is 4.74 Å². The highest BCUT2D eigenvalue weighted by Crippen LogP contribution is 2.18. The van der Waals surface area contributed by atoms with E-state index in [1.54, 1.807) is 0 Å². The minimum atomic E-state index is -0.362. The van der Waals surface area contributed by atoms with Crippen molar-refractivity contribution in [3.8, 4) is 0 Å². The number of thiazole rings is 1. The molecule has 4 nitrogen and oxygen atoms in total. The van der Waals surface area contributed by atoms with Crippen molar-refractivity contribution >= 4 is 29.7 Å². The van der Waals surface area contributed by atoms with Gasteiger partial charge in [-0.3, -0.25) is 0 Å². The molecule has 74 valence electrons. The summed E-state index contributed by atoms with van der Waals surface area (Å²) in [5.41, 5.74) is 5.56. The summed E-state index contributed by atoms with van der Waals surface area (Å²) in [6, 6.07) is -0.131. The van der Waals surface area contributed by atoms with E-state index in [0.717, 1.165) is 5.01 Å². The molecule has 0 aliphatic carbocycles. The summed E-state index contributed by atoms with van der Waals surface area (Å²) in [5, 5.41) is 0.746. The second kappa shape index (κ2) is 5.16. The number of nitrogens with two attached hydrogens (primary N) is 1. The van der Waals surface area contributed by atoms with Crippen LogP contribution >= 0.6 is 23.7 Å². The van der Waals surface area contributed by atoms with Crippen LogP contribution in [0.25, 0.3) is 0 Å². The quantitative estimate of drug-likeness (QED) is 0.768. The Morgan fingerprint density at radius 2 is 2.38 bits per heavy atom. The molecule has 0 saturated heterocycles. The van der Waals surface area contributed by atoms with Crippen LogP contribution in [0, 0.1) is 0 Å². The Labute approximate surface area is 86.5 Å². The highest BCUT2D eigenvalue weighted by Gasteiger charge is 2.11. The molecule has 1 aromatic heterocycles. The van der Waals surface area contributed by atoms with E-state index >= 15 is 0 Å². The molecule has 0 bridgehead atoms. The third-order valence-corrected chi connectivity index (χ3v) is 2.48. The van der Waals surface area contributed by atoms with Crippen LogP contribution in [0.4, 0.5) is 0 Å². The van der Waals surface area contributed by atoms with Gasteiger partial charge in [0.15, 0.2) is 0 Å². The Morgan fingerprint density at radius 1 is 1.77 bits per heavy atom. The molecule has 13 heavy (non-hydrogen) atoms. The molecule has 0 aliphatic heterocycles. The summed E-state index contributed by atoms with van der Waals surface area (Å²) in [7, 11) is 1.34. The summed E-state index contributed by atoms with van der Waals surface area (Å²) in [5.74, 6) is -0.362. The molecule has 1 rings (SSSR count). The highest BCUT2D eigenvalue weighted by molar-refractivity contribution is 7.13. The van der Waals surface area contributed by atoms with Crippen LogP contribution in [-0.4, -0.2) is 18.1 Å². The predicted octanol–water partition coefficient (Wildman–Crippen LogP) is 1.37. The lowest BCUT2D eigenvalue weighted by atomic mass is 10.4. The van der Waals surface area contributed by atoms with E-state index in [1.165, 1.54) is 24.6 Å².